The zero-order valence-corrected chi connectivity index (χ0v) is 12.3. The Hall–Kier alpha value is -1.34. The molecule has 0 amide bonds. The molecule has 1 N–H and O–H groups in total. The second-order valence-electron chi connectivity index (χ2n) is 5.67. The van der Waals surface area contributed by atoms with Crippen LogP contribution in [0.1, 0.15) is 32.3 Å². The number of aryl methyl sites for hydroxylation is 1. The monoisotopic (exact) mass is 255 g/mol. The van der Waals surface area contributed by atoms with E-state index in [1.807, 2.05) is 0 Å². The van der Waals surface area contributed by atoms with Gasteiger partial charge in [0.15, 0.2) is 0 Å². The number of hydrogen-bond donors (Lipinski definition) is 1. The van der Waals surface area contributed by atoms with Crippen molar-refractivity contribution in [1.29, 1.82) is 0 Å². The van der Waals surface area contributed by atoms with Crippen LogP contribution in [-0.4, -0.2) is 13.1 Å². The van der Waals surface area contributed by atoms with Crippen LogP contribution in [0.5, 0.6) is 0 Å². The zero-order chi connectivity index (χ0) is 13.7. The number of benzene rings is 2. The molecule has 1 atom stereocenters. The Morgan fingerprint density at radius 3 is 2.47 bits per heavy atom. The van der Waals surface area contributed by atoms with Gasteiger partial charge in [-0.15, -0.1) is 0 Å². The van der Waals surface area contributed by atoms with Crippen LogP contribution in [-0.2, 0) is 6.42 Å². The molecule has 0 fully saturated rings. The highest BCUT2D eigenvalue weighted by molar-refractivity contribution is 5.85. The van der Waals surface area contributed by atoms with Crippen LogP contribution in [0.15, 0.2) is 42.5 Å². The molecular weight excluding hydrogens is 230 g/mol. The van der Waals surface area contributed by atoms with Crippen LogP contribution >= 0.6 is 0 Å². The molecule has 19 heavy (non-hydrogen) atoms. The van der Waals surface area contributed by atoms with Gasteiger partial charge in [-0.05, 0) is 48.6 Å². The maximum Gasteiger partial charge on any atom is 0.00871 e. The summed E-state index contributed by atoms with van der Waals surface area (Å²) in [6, 6.07) is 16.0. The predicted molar refractivity (Wildman–Crippen MR) is 84.6 cm³/mol. The van der Waals surface area contributed by atoms with Gasteiger partial charge in [0.2, 0.25) is 0 Å². The van der Waals surface area contributed by atoms with Crippen LogP contribution in [0.25, 0.3) is 10.8 Å². The molecule has 0 spiro atoms. The number of rotatable bonds is 6. The van der Waals surface area contributed by atoms with Crippen LogP contribution < -0.4 is 5.32 Å². The summed E-state index contributed by atoms with van der Waals surface area (Å²) >= 11 is 0. The standard InChI is InChI=1S/C18H25N/c1-14(2)18(19-3)13-7-11-16-10-6-9-15-8-4-5-12-17(15)16/h4-6,8-10,12,14,18-19H,7,11,13H2,1-3H3. The van der Waals surface area contributed by atoms with Crippen molar-refractivity contribution in [1.82, 2.24) is 5.32 Å². The third-order valence-corrected chi connectivity index (χ3v) is 4.02. The number of nitrogens with one attached hydrogen (secondary N) is 1. The molecule has 2 rings (SSSR count). The number of fused-ring (bicyclic) bond motifs is 1. The van der Waals surface area contributed by atoms with E-state index in [4.69, 9.17) is 0 Å². The average molecular weight is 255 g/mol. The van der Waals surface area contributed by atoms with Crippen LogP contribution in [0.3, 0.4) is 0 Å². The molecule has 2 aromatic carbocycles. The van der Waals surface area contributed by atoms with Gasteiger partial charge in [-0.1, -0.05) is 56.3 Å². The van der Waals surface area contributed by atoms with E-state index >= 15 is 0 Å². The predicted octanol–water partition coefficient (Wildman–Crippen LogP) is 4.41. The first kappa shape index (κ1) is 14.1. The first-order chi connectivity index (χ1) is 9.22. The lowest BCUT2D eigenvalue weighted by Crippen LogP contribution is -2.30. The maximum absolute atomic E-state index is 3.42. The minimum Gasteiger partial charge on any atom is -0.317 e. The Kier molecular flexibility index (Phi) is 4.98. The average Bonchev–Trinajstić information content (AvgIpc) is 2.43. The summed E-state index contributed by atoms with van der Waals surface area (Å²) in [4.78, 5) is 0. The van der Waals surface area contributed by atoms with E-state index in [0.29, 0.717) is 12.0 Å². The van der Waals surface area contributed by atoms with Crippen molar-refractivity contribution in [2.75, 3.05) is 7.05 Å². The van der Waals surface area contributed by atoms with Gasteiger partial charge < -0.3 is 5.32 Å². The molecule has 0 radical (unpaired) electrons. The smallest absolute Gasteiger partial charge is 0.00871 e. The van der Waals surface area contributed by atoms with Crippen LogP contribution in [0, 0.1) is 5.92 Å². The minimum atomic E-state index is 0.634. The molecule has 0 saturated heterocycles. The number of hydrogen-bond acceptors (Lipinski definition) is 1. The van der Waals surface area contributed by atoms with Gasteiger partial charge in [0.1, 0.15) is 0 Å². The molecule has 0 aromatic heterocycles. The first-order valence-corrected chi connectivity index (χ1v) is 7.36. The van der Waals surface area contributed by atoms with E-state index in [0.717, 1.165) is 0 Å². The van der Waals surface area contributed by atoms with Gasteiger partial charge in [-0.3, -0.25) is 0 Å². The molecule has 2 aromatic rings. The summed E-state index contributed by atoms with van der Waals surface area (Å²) in [7, 11) is 2.07. The lowest BCUT2D eigenvalue weighted by molar-refractivity contribution is 0.394. The van der Waals surface area contributed by atoms with Gasteiger partial charge in [0, 0.05) is 6.04 Å². The van der Waals surface area contributed by atoms with Crippen molar-refractivity contribution in [2.24, 2.45) is 5.92 Å². The van der Waals surface area contributed by atoms with Crippen molar-refractivity contribution in [3.05, 3.63) is 48.0 Å². The van der Waals surface area contributed by atoms with Gasteiger partial charge in [-0.2, -0.15) is 0 Å². The lowest BCUT2D eigenvalue weighted by atomic mass is 9.95. The van der Waals surface area contributed by atoms with Crippen molar-refractivity contribution < 1.29 is 0 Å². The summed E-state index contributed by atoms with van der Waals surface area (Å²) in [5.41, 5.74) is 1.48. The van der Waals surface area contributed by atoms with E-state index in [9.17, 15) is 0 Å². The lowest BCUT2D eigenvalue weighted by Gasteiger charge is -2.20. The Balaban J connectivity index is 2.02. The van der Waals surface area contributed by atoms with Gasteiger partial charge in [-0.25, -0.2) is 0 Å². The fourth-order valence-corrected chi connectivity index (χ4v) is 2.83. The minimum absolute atomic E-state index is 0.634. The molecule has 1 nitrogen and oxygen atoms in total. The molecule has 0 saturated carbocycles. The van der Waals surface area contributed by atoms with E-state index in [1.165, 1.54) is 35.6 Å². The quantitative estimate of drug-likeness (QED) is 0.806. The van der Waals surface area contributed by atoms with Crippen LogP contribution in [0.2, 0.25) is 0 Å². The maximum atomic E-state index is 3.42. The van der Waals surface area contributed by atoms with Crippen LogP contribution in [0.4, 0.5) is 0 Å². The van der Waals surface area contributed by atoms with Gasteiger partial charge in [0.25, 0.3) is 0 Å². The Morgan fingerprint density at radius 2 is 1.74 bits per heavy atom. The summed E-state index contributed by atoms with van der Waals surface area (Å²) in [5, 5.41) is 6.19. The fourth-order valence-electron chi connectivity index (χ4n) is 2.83. The summed E-state index contributed by atoms with van der Waals surface area (Å²) < 4.78 is 0. The zero-order valence-electron chi connectivity index (χ0n) is 12.3. The van der Waals surface area contributed by atoms with Crippen molar-refractivity contribution in [2.45, 2.75) is 39.2 Å². The first-order valence-electron chi connectivity index (χ1n) is 7.36. The van der Waals surface area contributed by atoms with Gasteiger partial charge in [0.05, 0.1) is 0 Å². The highest BCUT2D eigenvalue weighted by Crippen LogP contribution is 2.21. The normalized spacial score (nSPS) is 13.1. The second-order valence-corrected chi connectivity index (χ2v) is 5.67. The third-order valence-electron chi connectivity index (χ3n) is 4.02. The largest absolute Gasteiger partial charge is 0.317 e. The molecule has 102 valence electrons. The molecule has 0 aliphatic rings. The van der Waals surface area contributed by atoms with E-state index in [2.05, 4.69) is 68.7 Å². The molecule has 0 bridgehead atoms. The molecular formula is C18H25N. The highest BCUT2D eigenvalue weighted by atomic mass is 14.9. The molecule has 1 unspecified atom stereocenters. The Labute approximate surface area is 117 Å². The van der Waals surface area contributed by atoms with Gasteiger partial charge >= 0.3 is 0 Å². The third kappa shape index (κ3) is 3.57. The Morgan fingerprint density at radius 1 is 1.00 bits per heavy atom. The molecule has 1 heteroatoms. The summed E-state index contributed by atoms with van der Waals surface area (Å²) in [6.07, 6.45) is 3.67. The van der Waals surface area contributed by atoms with Crippen molar-refractivity contribution in [3.63, 3.8) is 0 Å². The topological polar surface area (TPSA) is 12.0 Å². The summed E-state index contributed by atoms with van der Waals surface area (Å²) in [6.45, 7) is 4.58. The summed E-state index contributed by atoms with van der Waals surface area (Å²) in [5.74, 6) is 0.706. The second kappa shape index (κ2) is 6.72. The molecule has 0 aliphatic heterocycles. The Bertz CT molecular complexity index is 511. The van der Waals surface area contributed by atoms with E-state index in [-0.39, 0.29) is 0 Å². The molecule has 0 heterocycles. The van der Waals surface area contributed by atoms with Crippen molar-refractivity contribution >= 4 is 10.8 Å². The van der Waals surface area contributed by atoms with E-state index < -0.39 is 0 Å². The fraction of sp³-hybridized carbons (Fsp3) is 0.444. The van der Waals surface area contributed by atoms with Crippen molar-refractivity contribution in [3.8, 4) is 0 Å². The SMILES string of the molecule is CNC(CCCc1cccc2ccccc12)C(C)C. The molecule has 0 aliphatic carbocycles. The highest BCUT2D eigenvalue weighted by Gasteiger charge is 2.10. The van der Waals surface area contributed by atoms with E-state index in [1.54, 1.807) is 0 Å².